The van der Waals surface area contributed by atoms with Gasteiger partial charge in [-0.1, -0.05) is 19.8 Å². The molecule has 0 bridgehead atoms. The van der Waals surface area contributed by atoms with Gasteiger partial charge in [0.05, 0.1) is 0 Å². The van der Waals surface area contributed by atoms with E-state index in [9.17, 15) is 13.0 Å². The predicted octanol–water partition coefficient (Wildman–Crippen LogP) is 1.36. The van der Waals surface area contributed by atoms with Gasteiger partial charge in [0, 0.05) is 6.61 Å². The van der Waals surface area contributed by atoms with Gasteiger partial charge in [-0.3, -0.25) is 0 Å². The molecular formula is C7H15F2NaO3S. The van der Waals surface area contributed by atoms with Crippen molar-refractivity contribution in [3.8, 4) is 0 Å². The summed E-state index contributed by atoms with van der Waals surface area (Å²) in [5, 5.41) is -3.65. The van der Waals surface area contributed by atoms with E-state index in [0.29, 0.717) is 6.42 Å². The molecule has 1 unspecified atom stereocenters. The molecule has 0 radical (unpaired) electrons. The molecule has 0 heterocycles. The third-order valence-corrected chi connectivity index (χ3v) is 2.05. The van der Waals surface area contributed by atoms with E-state index in [1.54, 1.807) is 0 Å². The first-order valence-corrected chi connectivity index (χ1v) is 5.18. The second-order valence-corrected chi connectivity index (χ2v) is 3.74. The van der Waals surface area contributed by atoms with E-state index in [0.717, 1.165) is 12.8 Å². The summed E-state index contributed by atoms with van der Waals surface area (Å²) in [6.45, 7) is 1.21. The number of unbranched alkanes of at least 4 members (excludes halogenated alkanes) is 2. The summed E-state index contributed by atoms with van der Waals surface area (Å²) in [5.41, 5.74) is 0. The first-order valence-electron chi connectivity index (χ1n) is 4.07. The number of rotatable bonds is 7. The van der Waals surface area contributed by atoms with Crippen molar-refractivity contribution in [2.75, 3.05) is 13.2 Å². The average Bonchev–Trinajstić information content (AvgIpc) is 2.03. The fourth-order valence-electron chi connectivity index (χ4n) is 0.696. The van der Waals surface area contributed by atoms with Gasteiger partial charge in [0.2, 0.25) is 11.1 Å². The first-order chi connectivity index (χ1) is 6.00. The zero-order valence-electron chi connectivity index (χ0n) is 7.46. The average molecular weight is 240 g/mol. The van der Waals surface area contributed by atoms with Gasteiger partial charge in [0.25, 0.3) is 0 Å². The molecule has 14 heavy (non-hydrogen) atoms. The Morgan fingerprint density at radius 2 is 2.00 bits per heavy atom. The summed E-state index contributed by atoms with van der Waals surface area (Å²) in [6, 6.07) is 0. The van der Waals surface area contributed by atoms with Crippen molar-refractivity contribution in [2.24, 2.45) is 0 Å². The third kappa shape index (κ3) is 8.26. The van der Waals surface area contributed by atoms with Crippen LogP contribution in [0.1, 0.15) is 26.2 Å². The molecule has 1 N–H and O–H groups in total. The van der Waals surface area contributed by atoms with Crippen LogP contribution in [0, 0.1) is 0 Å². The molecule has 1 atom stereocenters. The molecule has 0 saturated heterocycles. The van der Waals surface area contributed by atoms with E-state index >= 15 is 0 Å². The van der Waals surface area contributed by atoms with Crippen LogP contribution in [-0.2, 0) is 15.8 Å². The topological polar surface area (TPSA) is 46.5 Å². The van der Waals surface area contributed by atoms with Crippen LogP contribution in [-0.4, -0.2) is 56.8 Å². The molecule has 0 aromatic carbocycles. The molecule has 0 spiro atoms. The molecule has 0 aliphatic heterocycles. The Bertz CT molecular complexity index is 169. The van der Waals surface area contributed by atoms with Crippen molar-refractivity contribution < 1.29 is 22.3 Å². The second-order valence-electron chi connectivity index (χ2n) is 2.65. The third-order valence-electron chi connectivity index (χ3n) is 1.42. The Balaban J connectivity index is 0. The molecule has 0 saturated carbocycles. The number of ether oxygens (including phenoxy) is 1. The van der Waals surface area contributed by atoms with Crippen molar-refractivity contribution in [2.45, 2.75) is 31.4 Å². The van der Waals surface area contributed by atoms with Gasteiger partial charge in [0.1, 0.15) is 6.61 Å². The van der Waals surface area contributed by atoms with E-state index in [1.165, 1.54) is 0 Å². The standard InChI is InChI=1S/C7H14F2O3S.Na.H/c1-2-3-4-5-12-6-7(8,9)13(10)11;;/h2-6H2,1H3,(H,10,11);;. The molecule has 82 valence electrons. The Kier molecular flexibility index (Phi) is 11.4. The van der Waals surface area contributed by atoms with Crippen LogP contribution in [0.25, 0.3) is 0 Å². The number of hydrogen-bond acceptors (Lipinski definition) is 2. The Labute approximate surface area is 107 Å². The van der Waals surface area contributed by atoms with Crippen molar-refractivity contribution in [1.82, 2.24) is 0 Å². The van der Waals surface area contributed by atoms with E-state index in [1.807, 2.05) is 6.92 Å². The molecule has 0 amide bonds. The molecule has 0 aliphatic rings. The van der Waals surface area contributed by atoms with Crippen LogP contribution < -0.4 is 0 Å². The van der Waals surface area contributed by atoms with Gasteiger partial charge in [-0.15, -0.1) is 0 Å². The summed E-state index contributed by atoms with van der Waals surface area (Å²) in [5.74, 6) is 0. The number of alkyl halides is 2. The van der Waals surface area contributed by atoms with E-state index < -0.39 is 22.9 Å². The molecule has 0 aromatic rings. The minimum atomic E-state index is -3.65. The van der Waals surface area contributed by atoms with E-state index in [2.05, 4.69) is 4.74 Å². The SMILES string of the molecule is CCCCCOCC(F)(F)S(=O)O.[NaH]. The summed E-state index contributed by atoms with van der Waals surface area (Å²) < 4.78 is 47.5. The molecule has 0 rings (SSSR count). The summed E-state index contributed by atoms with van der Waals surface area (Å²) >= 11 is -3.14. The van der Waals surface area contributed by atoms with Crippen molar-refractivity contribution in [3.05, 3.63) is 0 Å². The monoisotopic (exact) mass is 240 g/mol. The Morgan fingerprint density at radius 3 is 2.43 bits per heavy atom. The summed E-state index contributed by atoms with van der Waals surface area (Å²) in [4.78, 5) is 0. The number of hydrogen-bond donors (Lipinski definition) is 1. The van der Waals surface area contributed by atoms with Crippen LogP contribution in [0.4, 0.5) is 8.78 Å². The van der Waals surface area contributed by atoms with Gasteiger partial charge >= 0.3 is 34.8 Å². The fourth-order valence-corrected chi connectivity index (χ4v) is 0.880. The Hall–Kier alpha value is 0.930. The zero-order chi connectivity index (χ0) is 10.3. The normalized spacial score (nSPS) is 13.4. The van der Waals surface area contributed by atoms with Crippen LogP contribution in [0.2, 0.25) is 0 Å². The van der Waals surface area contributed by atoms with Crippen LogP contribution in [0.5, 0.6) is 0 Å². The molecular weight excluding hydrogens is 225 g/mol. The van der Waals surface area contributed by atoms with Crippen LogP contribution in [0.15, 0.2) is 0 Å². The first kappa shape index (κ1) is 17.3. The second kappa shape index (κ2) is 9.18. The van der Waals surface area contributed by atoms with Crippen molar-refractivity contribution in [1.29, 1.82) is 0 Å². The van der Waals surface area contributed by atoms with Gasteiger partial charge in [-0.2, -0.15) is 8.78 Å². The van der Waals surface area contributed by atoms with E-state index in [4.69, 9.17) is 4.55 Å². The Morgan fingerprint density at radius 1 is 1.43 bits per heavy atom. The predicted molar refractivity (Wildman–Crippen MR) is 53.2 cm³/mol. The van der Waals surface area contributed by atoms with Gasteiger partial charge in [-0.05, 0) is 6.42 Å². The maximum atomic E-state index is 12.4. The molecule has 7 heteroatoms. The van der Waals surface area contributed by atoms with Gasteiger partial charge in [-0.25, -0.2) is 4.21 Å². The van der Waals surface area contributed by atoms with Crippen molar-refractivity contribution in [3.63, 3.8) is 0 Å². The fraction of sp³-hybridized carbons (Fsp3) is 1.00. The summed E-state index contributed by atoms with van der Waals surface area (Å²) in [6.07, 6.45) is 2.59. The van der Waals surface area contributed by atoms with Crippen LogP contribution >= 0.6 is 0 Å². The quantitative estimate of drug-likeness (QED) is 0.415. The van der Waals surface area contributed by atoms with Crippen LogP contribution in [0.3, 0.4) is 0 Å². The summed E-state index contributed by atoms with van der Waals surface area (Å²) in [7, 11) is 0. The molecule has 0 aliphatic carbocycles. The minimum absolute atomic E-state index is 0. The zero-order valence-corrected chi connectivity index (χ0v) is 8.28. The molecule has 0 aromatic heterocycles. The number of halogens is 2. The van der Waals surface area contributed by atoms with E-state index in [-0.39, 0.29) is 36.2 Å². The van der Waals surface area contributed by atoms with Gasteiger partial charge in [0.15, 0.2) is 0 Å². The van der Waals surface area contributed by atoms with Crippen molar-refractivity contribution >= 4 is 40.6 Å². The maximum absolute atomic E-state index is 12.4. The molecule has 0 fully saturated rings. The van der Waals surface area contributed by atoms with Gasteiger partial charge < -0.3 is 9.29 Å². The molecule has 3 nitrogen and oxygen atoms in total.